The molecule has 1 fully saturated rings. The second kappa shape index (κ2) is 7.36. The van der Waals surface area contributed by atoms with E-state index in [4.69, 9.17) is 0 Å². The molecule has 1 aliphatic rings. The first kappa shape index (κ1) is 17.6. The highest BCUT2D eigenvalue weighted by Crippen LogP contribution is 2.34. The Morgan fingerprint density at radius 3 is 2.48 bits per heavy atom. The van der Waals surface area contributed by atoms with Crippen LogP contribution in [0.2, 0.25) is 0 Å². The number of nitro groups is 1. The van der Waals surface area contributed by atoms with Gasteiger partial charge in [0.2, 0.25) is 0 Å². The van der Waals surface area contributed by atoms with Crippen LogP contribution in [0.4, 0.5) is 10.5 Å². The van der Waals surface area contributed by atoms with Crippen LogP contribution < -0.4 is 0 Å². The monoisotopic (exact) mass is 466 g/mol. The van der Waals surface area contributed by atoms with Crippen LogP contribution in [0, 0.1) is 13.7 Å². The van der Waals surface area contributed by atoms with Crippen LogP contribution in [0.15, 0.2) is 53.4 Å². The number of para-hydroxylation sites is 1. The van der Waals surface area contributed by atoms with Crippen LogP contribution in [0.3, 0.4) is 0 Å². The van der Waals surface area contributed by atoms with E-state index in [1.54, 1.807) is 24.3 Å². The Bertz CT molecular complexity index is 896. The molecule has 2 amide bonds. The summed E-state index contributed by atoms with van der Waals surface area (Å²) in [4.78, 5) is 36.6. The summed E-state index contributed by atoms with van der Waals surface area (Å²) in [7, 11) is 0. The maximum atomic E-state index is 12.5. The molecule has 1 heterocycles. The number of amides is 2. The third kappa shape index (κ3) is 3.90. The van der Waals surface area contributed by atoms with Gasteiger partial charge >= 0.3 is 0 Å². The molecule has 1 saturated heterocycles. The molecular weight excluding hydrogens is 455 g/mol. The Labute approximate surface area is 161 Å². The molecule has 0 radical (unpaired) electrons. The number of carbonyl (C=O) groups is 2. The van der Waals surface area contributed by atoms with E-state index >= 15 is 0 Å². The van der Waals surface area contributed by atoms with Crippen LogP contribution in [-0.2, 0) is 11.3 Å². The molecule has 0 bridgehead atoms. The van der Waals surface area contributed by atoms with Crippen molar-refractivity contribution < 1.29 is 14.5 Å². The van der Waals surface area contributed by atoms with Gasteiger partial charge in [0.1, 0.15) is 0 Å². The Balaban J connectivity index is 1.85. The van der Waals surface area contributed by atoms with Gasteiger partial charge in [-0.1, -0.05) is 30.3 Å². The number of nitro benzene ring substituents is 1. The Kier molecular flexibility index (Phi) is 5.19. The van der Waals surface area contributed by atoms with Gasteiger partial charge in [0.15, 0.2) is 0 Å². The Morgan fingerprint density at radius 2 is 1.80 bits per heavy atom. The molecule has 25 heavy (non-hydrogen) atoms. The lowest BCUT2D eigenvalue weighted by Crippen LogP contribution is -2.27. The first-order valence-electron chi connectivity index (χ1n) is 7.19. The van der Waals surface area contributed by atoms with Crippen LogP contribution in [0.25, 0.3) is 6.08 Å². The van der Waals surface area contributed by atoms with Crippen molar-refractivity contribution in [1.82, 2.24) is 4.90 Å². The fourth-order valence-electron chi connectivity index (χ4n) is 2.34. The minimum absolute atomic E-state index is 0.108. The molecule has 0 spiro atoms. The summed E-state index contributed by atoms with van der Waals surface area (Å²) in [6.45, 7) is -0.119. The first-order valence-corrected chi connectivity index (χ1v) is 9.08. The average Bonchev–Trinajstić information content (AvgIpc) is 2.85. The van der Waals surface area contributed by atoms with Gasteiger partial charge in [-0.3, -0.25) is 24.6 Å². The summed E-state index contributed by atoms with van der Waals surface area (Å²) in [6.07, 6.45) is 1.65. The van der Waals surface area contributed by atoms with Crippen molar-refractivity contribution in [1.29, 1.82) is 0 Å². The summed E-state index contributed by atoms with van der Waals surface area (Å²) >= 11 is 3.02. The minimum atomic E-state index is -0.518. The van der Waals surface area contributed by atoms with E-state index in [-0.39, 0.29) is 12.2 Å². The molecule has 0 aliphatic carbocycles. The van der Waals surface area contributed by atoms with Gasteiger partial charge in [-0.05, 0) is 58.1 Å². The summed E-state index contributed by atoms with van der Waals surface area (Å²) < 4.78 is 1.07. The molecule has 0 N–H and O–H groups in total. The predicted molar refractivity (Wildman–Crippen MR) is 104 cm³/mol. The fraction of sp³-hybridized carbons (Fsp3) is 0.0588. The van der Waals surface area contributed by atoms with Crippen molar-refractivity contribution in [3.63, 3.8) is 0 Å². The number of hydrogen-bond donors (Lipinski definition) is 0. The van der Waals surface area contributed by atoms with Crippen LogP contribution in [0.1, 0.15) is 11.1 Å². The van der Waals surface area contributed by atoms with Gasteiger partial charge in [0, 0.05) is 15.2 Å². The topological polar surface area (TPSA) is 80.5 Å². The number of nitrogens with zero attached hydrogens (tertiary/aromatic N) is 2. The third-order valence-corrected chi connectivity index (χ3v) is 5.18. The number of thioether (sulfide) groups is 1. The molecule has 0 unspecified atom stereocenters. The molecule has 0 aromatic heterocycles. The highest BCUT2D eigenvalue weighted by molar-refractivity contribution is 14.1. The van der Waals surface area contributed by atoms with Crippen molar-refractivity contribution >= 4 is 57.3 Å². The van der Waals surface area contributed by atoms with Gasteiger partial charge < -0.3 is 0 Å². The number of rotatable bonds is 4. The zero-order chi connectivity index (χ0) is 18.0. The van der Waals surface area contributed by atoms with E-state index in [1.807, 2.05) is 24.3 Å². The van der Waals surface area contributed by atoms with Crippen LogP contribution in [-0.4, -0.2) is 21.0 Å². The van der Waals surface area contributed by atoms with Gasteiger partial charge in [0.25, 0.3) is 16.8 Å². The number of imide groups is 1. The third-order valence-electron chi connectivity index (χ3n) is 3.56. The van der Waals surface area contributed by atoms with Crippen LogP contribution in [0.5, 0.6) is 0 Å². The molecule has 8 heteroatoms. The van der Waals surface area contributed by atoms with Crippen LogP contribution >= 0.6 is 34.4 Å². The number of carbonyl (C=O) groups excluding carboxylic acids is 2. The van der Waals surface area contributed by atoms with E-state index in [2.05, 4.69) is 22.6 Å². The van der Waals surface area contributed by atoms with Gasteiger partial charge in [-0.25, -0.2) is 0 Å². The molecule has 2 aromatic rings. The van der Waals surface area contributed by atoms with E-state index < -0.39 is 16.1 Å². The smallest absolute Gasteiger partial charge is 0.268 e. The Morgan fingerprint density at radius 1 is 1.12 bits per heavy atom. The molecule has 3 rings (SSSR count). The molecule has 0 atom stereocenters. The van der Waals surface area contributed by atoms with Crippen molar-refractivity contribution in [3.05, 3.63) is 78.2 Å². The lowest BCUT2D eigenvalue weighted by molar-refractivity contribution is -0.385. The molecule has 0 saturated carbocycles. The number of benzene rings is 2. The maximum Gasteiger partial charge on any atom is 0.293 e. The highest BCUT2D eigenvalue weighted by Gasteiger charge is 2.36. The minimum Gasteiger partial charge on any atom is -0.268 e. The quantitative estimate of drug-likeness (QED) is 0.288. The molecule has 6 nitrogen and oxygen atoms in total. The van der Waals surface area contributed by atoms with E-state index in [0.29, 0.717) is 10.5 Å². The van der Waals surface area contributed by atoms with Crippen molar-refractivity contribution in [3.8, 4) is 0 Å². The zero-order valence-electron chi connectivity index (χ0n) is 12.7. The molecule has 126 valence electrons. The second-order valence-corrected chi connectivity index (χ2v) is 7.44. The zero-order valence-corrected chi connectivity index (χ0v) is 15.7. The van der Waals surface area contributed by atoms with Crippen molar-refractivity contribution in [2.45, 2.75) is 6.54 Å². The predicted octanol–water partition coefficient (Wildman–Crippen LogP) is 4.44. The fourth-order valence-corrected chi connectivity index (χ4v) is 3.54. The molecule has 2 aromatic carbocycles. The summed E-state index contributed by atoms with van der Waals surface area (Å²) in [5.41, 5.74) is 1.03. The largest absolute Gasteiger partial charge is 0.293 e. The standard InChI is InChI=1S/C17H11IN2O4S/c18-13-7-5-11(6-8-13)9-15-16(21)19(17(22)25-15)10-12-3-1-2-4-14(12)20(23)24/h1-9H,10H2/b15-9-. The van der Waals surface area contributed by atoms with Crippen molar-refractivity contribution in [2.24, 2.45) is 0 Å². The second-order valence-electron chi connectivity index (χ2n) is 5.21. The average molecular weight is 466 g/mol. The lowest BCUT2D eigenvalue weighted by atomic mass is 10.1. The number of hydrogen-bond acceptors (Lipinski definition) is 5. The molecular formula is C17H11IN2O4S. The van der Waals surface area contributed by atoms with E-state index in [1.165, 1.54) is 6.07 Å². The first-order chi connectivity index (χ1) is 12.0. The van der Waals surface area contributed by atoms with E-state index in [9.17, 15) is 19.7 Å². The lowest BCUT2D eigenvalue weighted by Gasteiger charge is -2.12. The number of halogens is 1. The SMILES string of the molecule is O=C1S/C(=C\c2ccc(I)cc2)C(=O)N1Cc1ccccc1[N+](=O)[O-]. The highest BCUT2D eigenvalue weighted by atomic mass is 127. The van der Waals surface area contributed by atoms with Gasteiger partial charge in [-0.15, -0.1) is 0 Å². The van der Waals surface area contributed by atoms with E-state index in [0.717, 1.165) is 25.8 Å². The summed E-state index contributed by atoms with van der Waals surface area (Å²) in [6, 6.07) is 13.6. The molecule has 1 aliphatic heterocycles. The van der Waals surface area contributed by atoms with Gasteiger partial charge in [-0.2, -0.15) is 0 Å². The van der Waals surface area contributed by atoms with Crippen molar-refractivity contribution in [2.75, 3.05) is 0 Å². The maximum absolute atomic E-state index is 12.5. The summed E-state index contributed by atoms with van der Waals surface area (Å²) in [5, 5.41) is 10.7. The van der Waals surface area contributed by atoms with Gasteiger partial charge in [0.05, 0.1) is 16.4 Å². The Hall–Kier alpha value is -2.20. The normalized spacial score (nSPS) is 15.9. The summed E-state index contributed by atoms with van der Waals surface area (Å²) in [5.74, 6) is -0.438.